The number of thioether (sulfide) groups is 1. The average Bonchev–Trinajstić information content (AvgIpc) is 2.67. The summed E-state index contributed by atoms with van der Waals surface area (Å²) in [6.45, 7) is 11.7. The molecule has 2 aromatic carbocycles. The number of rotatable bonds is 4. The molecule has 0 bridgehead atoms. The van der Waals surface area contributed by atoms with Crippen LogP contribution in [0, 0.1) is 12.7 Å². The molecular formula is C23H29FN2OS. The van der Waals surface area contributed by atoms with Crippen LogP contribution in [0.25, 0.3) is 0 Å². The van der Waals surface area contributed by atoms with E-state index >= 15 is 0 Å². The summed E-state index contributed by atoms with van der Waals surface area (Å²) in [6, 6.07) is 13.1. The number of hydrogen-bond acceptors (Lipinski definition) is 3. The summed E-state index contributed by atoms with van der Waals surface area (Å²) >= 11 is 1.63. The molecule has 0 N–H and O–H groups in total. The van der Waals surface area contributed by atoms with Gasteiger partial charge in [-0.1, -0.05) is 32.9 Å². The summed E-state index contributed by atoms with van der Waals surface area (Å²) in [5, 5.41) is 0. The Morgan fingerprint density at radius 2 is 1.68 bits per heavy atom. The molecule has 0 unspecified atom stereocenters. The van der Waals surface area contributed by atoms with Gasteiger partial charge in [-0.05, 0) is 53.8 Å². The first kappa shape index (κ1) is 20.7. The van der Waals surface area contributed by atoms with Crippen molar-refractivity contribution in [2.75, 3.05) is 36.8 Å². The lowest BCUT2D eigenvalue weighted by molar-refractivity contribution is -0.128. The fourth-order valence-corrected chi connectivity index (χ4v) is 4.29. The van der Waals surface area contributed by atoms with E-state index < -0.39 is 0 Å². The molecule has 1 fully saturated rings. The van der Waals surface area contributed by atoms with E-state index in [2.05, 4.69) is 50.8 Å². The minimum absolute atomic E-state index is 0.101. The van der Waals surface area contributed by atoms with Crippen molar-refractivity contribution in [1.29, 1.82) is 0 Å². The van der Waals surface area contributed by atoms with Crippen LogP contribution in [0.5, 0.6) is 0 Å². The normalized spacial score (nSPS) is 15.0. The van der Waals surface area contributed by atoms with Crippen molar-refractivity contribution in [2.24, 2.45) is 0 Å². The van der Waals surface area contributed by atoms with E-state index in [4.69, 9.17) is 0 Å². The number of aryl methyl sites for hydroxylation is 1. The quantitative estimate of drug-likeness (QED) is 0.684. The smallest absolute Gasteiger partial charge is 0.233 e. The molecule has 0 aliphatic carbocycles. The number of piperazine rings is 1. The van der Waals surface area contributed by atoms with Crippen LogP contribution in [-0.4, -0.2) is 42.7 Å². The summed E-state index contributed by atoms with van der Waals surface area (Å²) in [5.41, 5.74) is 3.62. The van der Waals surface area contributed by atoms with Crippen LogP contribution in [-0.2, 0) is 10.2 Å². The number of nitrogens with zero attached hydrogens (tertiary/aromatic N) is 2. The van der Waals surface area contributed by atoms with Crippen LogP contribution in [0.3, 0.4) is 0 Å². The SMILES string of the molecule is Cc1ccc(C(C)(C)C)cc1SCC(=O)N1CCN(c2ccc(F)cc2)CC1. The number of hydrogen-bond donors (Lipinski definition) is 0. The Morgan fingerprint density at radius 3 is 2.29 bits per heavy atom. The molecule has 150 valence electrons. The van der Waals surface area contributed by atoms with E-state index in [0.717, 1.165) is 18.8 Å². The standard InChI is InChI=1S/C23H29FN2OS/c1-17-5-6-18(23(2,3)4)15-21(17)28-16-22(27)26-13-11-25(12-14-26)20-9-7-19(24)8-10-20/h5-10,15H,11-14,16H2,1-4H3. The van der Waals surface area contributed by atoms with Gasteiger partial charge in [0.1, 0.15) is 5.82 Å². The van der Waals surface area contributed by atoms with Gasteiger partial charge < -0.3 is 9.80 Å². The van der Waals surface area contributed by atoms with Gasteiger partial charge >= 0.3 is 0 Å². The number of benzene rings is 2. The minimum Gasteiger partial charge on any atom is -0.368 e. The zero-order valence-electron chi connectivity index (χ0n) is 17.2. The minimum atomic E-state index is -0.222. The second kappa shape index (κ2) is 8.56. The summed E-state index contributed by atoms with van der Waals surface area (Å²) in [4.78, 5) is 18.0. The highest BCUT2D eigenvalue weighted by atomic mass is 32.2. The fraction of sp³-hybridized carbons (Fsp3) is 0.435. The van der Waals surface area contributed by atoms with Gasteiger partial charge in [-0.25, -0.2) is 4.39 Å². The lowest BCUT2D eigenvalue weighted by Crippen LogP contribution is -2.49. The van der Waals surface area contributed by atoms with E-state index in [9.17, 15) is 9.18 Å². The van der Waals surface area contributed by atoms with Crippen molar-refractivity contribution in [2.45, 2.75) is 38.0 Å². The highest BCUT2D eigenvalue weighted by molar-refractivity contribution is 8.00. The average molecular weight is 401 g/mol. The highest BCUT2D eigenvalue weighted by Crippen LogP contribution is 2.30. The Kier molecular flexibility index (Phi) is 6.33. The Labute approximate surface area is 171 Å². The summed E-state index contributed by atoms with van der Waals surface area (Å²) in [7, 11) is 0. The summed E-state index contributed by atoms with van der Waals surface area (Å²) in [6.07, 6.45) is 0. The zero-order valence-corrected chi connectivity index (χ0v) is 18.0. The third-order valence-electron chi connectivity index (χ3n) is 5.23. The van der Waals surface area contributed by atoms with Crippen LogP contribution in [0.15, 0.2) is 47.4 Å². The summed E-state index contributed by atoms with van der Waals surface area (Å²) < 4.78 is 13.1. The molecule has 1 amide bonds. The number of carbonyl (C=O) groups excluding carboxylic acids is 1. The van der Waals surface area contributed by atoms with Crippen molar-refractivity contribution in [3.63, 3.8) is 0 Å². The predicted octanol–water partition coefficient (Wildman–Crippen LogP) is 4.87. The largest absolute Gasteiger partial charge is 0.368 e. The Bertz CT molecular complexity index is 821. The second-order valence-corrected chi connectivity index (χ2v) is 9.38. The van der Waals surface area contributed by atoms with E-state index in [1.165, 1.54) is 28.2 Å². The molecular weight excluding hydrogens is 371 g/mol. The highest BCUT2D eigenvalue weighted by Gasteiger charge is 2.22. The van der Waals surface area contributed by atoms with E-state index in [1.54, 1.807) is 23.9 Å². The lowest BCUT2D eigenvalue weighted by atomic mass is 9.87. The van der Waals surface area contributed by atoms with Gasteiger partial charge in [-0.3, -0.25) is 4.79 Å². The maximum absolute atomic E-state index is 13.1. The number of carbonyl (C=O) groups is 1. The molecule has 1 heterocycles. The monoisotopic (exact) mass is 400 g/mol. The first-order chi connectivity index (χ1) is 13.2. The number of halogens is 1. The molecule has 5 heteroatoms. The molecule has 28 heavy (non-hydrogen) atoms. The molecule has 0 spiro atoms. The molecule has 3 nitrogen and oxygen atoms in total. The Morgan fingerprint density at radius 1 is 1.04 bits per heavy atom. The molecule has 2 aromatic rings. The predicted molar refractivity (Wildman–Crippen MR) is 116 cm³/mol. The van der Waals surface area contributed by atoms with Gasteiger partial charge in [0.05, 0.1) is 5.75 Å². The molecule has 1 aliphatic heterocycles. The molecule has 3 rings (SSSR count). The third kappa shape index (κ3) is 5.07. The van der Waals surface area contributed by atoms with Crippen molar-refractivity contribution in [1.82, 2.24) is 4.90 Å². The second-order valence-electron chi connectivity index (χ2n) is 8.36. The molecule has 0 aromatic heterocycles. The van der Waals surface area contributed by atoms with E-state index in [-0.39, 0.29) is 17.1 Å². The van der Waals surface area contributed by atoms with Gasteiger partial charge in [0.25, 0.3) is 0 Å². The fourth-order valence-electron chi connectivity index (χ4n) is 3.32. The molecule has 1 saturated heterocycles. The van der Waals surface area contributed by atoms with Crippen molar-refractivity contribution < 1.29 is 9.18 Å². The Balaban J connectivity index is 1.54. The lowest BCUT2D eigenvalue weighted by Gasteiger charge is -2.36. The van der Waals surface area contributed by atoms with Gasteiger partial charge in [0.15, 0.2) is 0 Å². The zero-order chi connectivity index (χ0) is 20.3. The van der Waals surface area contributed by atoms with Crippen LogP contribution in [0.2, 0.25) is 0 Å². The van der Waals surface area contributed by atoms with Crippen molar-refractivity contribution >= 4 is 23.4 Å². The third-order valence-corrected chi connectivity index (χ3v) is 6.37. The van der Waals surface area contributed by atoms with Gasteiger partial charge in [-0.15, -0.1) is 11.8 Å². The van der Waals surface area contributed by atoms with Crippen LogP contribution in [0.4, 0.5) is 10.1 Å². The molecule has 0 saturated carbocycles. The van der Waals surface area contributed by atoms with E-state index in [0.29, 0.717) is 18.8 Å². The van der Waals surface area contributed by atoms with Gasteiger partial charge in [0, 0.05) is 36.8 Å². The van der Waals surface area contributed by atoms with Crippen LogP contribution >= 0.6 is 11.8 Å². The molecule has 1 aliphatic rings. The number of anilines is 1. The molecule has 0 atom stereocenters. The topological polar surface area (TPSA) is 23.6 Å². The maximum atomic E-state index is 13.1. The van der Waals surface area contributed by atoms with E-state index in [1.807, 2.05) is 4.90 Å². The van der Waals surface area contributed by atoms with Crippen LogP contribution in [0.1, 0.15) is 31.9 Å². The van der Waals surface area contributed by atoms with Gasteiger partial charge in [0.2, 0.25) is 5.91 Å². The van der Waals surface area contributed by atoms with Crippen molar-refractivity contribution in [3.8, 4) is 0 Å². The Hall–Kier alpha value is -2.01. The maximum Gasteiger partial charge on any atom is 0.233 e. The van der Waals surface area contributed by atoms with Crippen molar-refractivity contribution in [3.05, 3.63) is 59.4 Å². The first-order valence-corrected chi connectivity index (χ1v) is 10.7. The van der Waals surface area contributed by atoms with Gasteiger partial charge in [-0.2, -0.15) is 0 Å². The first-order valence-electron chi connectivity index (χ1n) is 9.76. The summed E-state index contributed by atoms with van der Waals surface area (Å²) in [5.74, 6) is 0.426. The number of amides is 1. The van der Waals surface area contributed by atoms with Crippen LogP contribution < -0.4 is 4.90 Å². The molecule has 0 radical (unpaired) electrons.